The van der Waals surface area contributed by atoms with E-state index in [1.54, 1.807) is 35.1 Å². The van der Waals surface area contributed by atoms with E-state index in [-0.39, 0.29) is 0 Å². The lowest BCUT2D eigenvalue weighted by molar-refractivity contribution is 0.0732. The molecule has 28 heavy (non-hydrogen) atoms. The smallest absolute Gasteiger partial charge is 0.344 e. The normalized spacial score (nSPS) is 10.8. The van der Waals surface area contributed by atoms with Crippen LogP contribution >= 0.6 is 0 Å². The zero-order chi connectivity index (χ0) is 19.5. The minimum Gasteiger partial charge on any atom is -0.493 e. The SMILES string of the molecule is CCn1ncc2c(C(=O)Oc3ccccc3OC)cc(-c3ccccc3)nc21. The molecule has 0 aliphatic carbocycles. The first kappa shape index (κ1) is 17.7. The molecule has 0 spiro atoms. The van der Waals surface area contributed by atoms with E-state index in [0.717, 1.165) is 5.56 Å². The molecule has 0 radical (unpaired) electrons. The van der Waals surface area contributed by atoms with Gasteiger partial charge in [0, 0.05) is 12.1 Å². The van der Waals surface area contributed by atoms with Gasteiger partial charge in [-0.1, -0.05) is 42.5 Å². The molecule has 4 aromatic rings. The van der Waals surface area contributed by atoms with Crippen LogP contribution in [0.2, 0.25) is 0 Å². The summed E-state index contributed by atoms with van der Waals surface area (Å²) in [5.74, 6) is 0.377. The maximum atomic E-state index is 13.0. The molecule has 0 aliphatic rings. The number of aromatic nitrogens is 3. The third-order valence-corrected chi connectivity index (χ3v) is 4.47. The van der Waals surface area contributed by atoms with Gasteiger partial charge in [0.25, 0.3) is 0 Å². The van der Waals surface area contributed by atoms with Crippen LogP contribution in [-0.4, -0.2) is 27.8 Å². The van der Waals surface area contributed by atoms with E-state index in [1.165, 1.54) is 7.11 Å². The van der Waals surface area contributed by atoms with Crippen LogP contribution in [-0.2, 0) is 6.54 Å². The molecular weight excluding hydrogens is 354 g/mol. The number of esters is 1. The van der Waals surface area contributed by atoms with Gasteiger partial charge < -0.3 is 9.47 Å². The highest BCUT2D eigenvalue weighted by Crippen LogP contribution is 2.29. The van der Waals surface area contributed by atoms with Crippen LogP contribution in [0.25, 0.3) is 22.3 Å². The van der Waals surface area contributed by atoms with Crippen molar-refractivity contribution in [3.05, 3.63) is 72.4 Å². The largest absolute Gasteiger partial charge is 0.493 e. The first-order valence-electron chi connectivity index (χ1n) is 8.98. The van der Waals surface area contributed by atoms with E-state index < -0.39 is 5.97 Å². The fraction of sp³-hybridized carbons (Fsp3) is 0.136. The van der Waals surface area contributed by atoms with Gasteiger partial charge in [0.1, 0.15) is 0 Å². The second-order valence-corrected chi connectivity index (χ2v) is 6.16. The number of para-hydroxylation sites is 2. The Labute approximate surface area is 162 Å². The first-order valence-corrected chi connectivity index (χ1v) is 8.98. The van der Waals surface area contributed by atoms with E-state index >= 15 is 0 Å². The van der Waals surface area contributed by atoms with Crippen molar-refractivity contribution < 1.29 is 14.3 Å². The molecule has 0 unspecified atom stereocenters. The maximum absolute atomic E-state index is 13.0. The van der Waals surface area contributed by atoms with Crippen LogP contribution in [0.3, 0.4) is 0 Å². The summed E-state index contributed by atoms with van der Waals surface area (Å²) in [6.07, 6.45) is 1.65. The van der Waals surface area contributed by atoms with Crippen LogP contribution in [0.15, 0.2) is 66.9 Å². The van der Waals surface area contributed by atoms with Gasteiger partial charge in [0.05, 0.1) is 30.0 Å². The lowest BCUT2D eigenvalue weighted by Gasteiger charge is -2.11. The third kappa shape index (κ3) is 3.20. The number of carbonyl (C=O) groups is 1. The predicted molar refractivity (Wildman–Crippen MR) is 107 cm³/mol. The van der Waals surface area contributed by atoms with Crippen molar-refractivity contribution in [1.82, 2.24) is 14.8 Å². The van der Waals surface area contributed by atoms with Crippen molar-refractivity contribution in [1.29, 1.82) is 0 Å². The summed E-state index contributed by atoms with van der Waals surface area (Å²) in [4.78, 5) is 17.8. The molecule has 0 atom stereocenters. The number of methoxy groups -OCH3 is 1. The average Bonchev–Trinajstić information content (AvgIpc) is 3.17. The van der Waals surface area contributed by atoms with Crippen molar-refractivity contribution in [2.45, 2.75) is 13.5 Å². The number of fused-ring (bicyclic) bond motifs is 1. The van der Waals surface area contributed by atoms with Gasteiger partial charge in [0.15, 0.2) is 17.1 Å². The van der Waals surface area contributed by atoms with Gasteiger partial charge in [-0.3, -0.25) is 0 Å². The highest BCUT2D eigenvalue weighted by molar-refractivity contribution is 6.04. The Morgan fingerprint density at radius 1 is 1.04 bits per heavy atom. The Kier molecular flexibility index (Phi) is 4.76. The predicted octanol–water partition coefficient (Wildman–Crippen LogP) is 4.35. The molecule has 0 fully saturated rings. The molecule has 6 heteroatoms. The van der Waals surface area contributed by atoms with Crippen LogP contribution < -0.4 is 9.47 Å². The van der Waals surface area contributed by atoms with Crippen molar-refractivity contribution in [3.8, 4) is 22.8 Å². The molecule has 140 valence electrons. The Balaban J connectivity index is 1.83. The summed E-state index contributed by atoms with van der Waals surface area (Å²) in [5.41, 5.74) is 2.67. The van der Waals surface area contributed by atoms with Crippen LogP contribution in [0.5, 0.6) is 11.5 Å². The molecule has 2 heterocycles. The van der Waals surface area contributed by atoms with Crippen LogP contribution in [0, 0.1) is 0 Å². The number of rotatable bonds is 5. The average molecular weight is 373 g/mol. The Morgan fingerprint density at radius 3 is 2.46 bits per heavy atom. The summed E-state index contributed by atoms with van der Waals surface area (Å²) >= 11 is 0. The molecular formula is C22H19N3O3. The number of hydrogen-bond donors (Lipinski definition) is 0. The standard InChI is InChI=1S/C22H19N3O3/c1-3-25-21-17(14-23-25)16(13-18(24-21)15-9-5-4-6-10-15)22(26)28-20-12-8-7-11-19(20)27-2/h4-14H,3H2,1-2H3. The molecule has 0 saturated heterocycles. The lowest BCUT2D eigenvalue weighted by atomic mass is 10.1. The molecule has 0 bridgehead atoms. The maximum Gasteiger partial charge on any atom is 0.344 e. The topological polar surface area (TPSA) is 66.2 Å². The van der Waals surface area contributed by atoms with Crippen molar-refractivity contribution in [3.63, 3.8) is 0 Å². The highest BCUT2D eigenvalue weighted by atomic mass is 16.6. The lowest BCUT2D eigenvalue weighted by Crippen LogP contribution is -2.11. The minimum absolute atomic E-state index is 0.365. The molecule has 0 N–H and O–H groups in total. The Morgan fingerprint density at radius 2 is 1.75 bits per heavy atom. The van der Waals surface area contributed by atoms with Crippen LogP contribution in [0.4, 0.5) is 0 Å². The minimum atomic E-state index is -0.482. The number of benzene rings is 2. The molecule has 2 aromatic carbocycles. The van der Waals surface area contributed by atoms with Gasteiger partial charge in [0.2, 0.25) is 0 Å². The monoisotopic (exact) mass is 373 g/mol. The van der Waals surface area contributed by atoms with Gasteiger partial charge in [-0.25, -0.2) is 14.5 Å². The zero-order valence-electron chi connectivity index (χ0n) is 15.6. The zero-order valence-corrected chi connectivity index (χ0v) is 15.6. The van der Waals surface area contributed by atoms with Crippen molar-refractivity contribution >= 4 is 17.0 Å². The van der Waals surface area contributed by atoms with Crippen LogP contribution in [0.1, 0.15) is 17.3 Å². The number of nitrogens with zero attached hydrogens (tertiary/aromatic N) is 3. The molecule has 4 rings (SSSR count). The van der Waals surface area contributed by atoms with E-state index in [1.807, 2.05) is 43.3 Å². The second kappa shape index (κ2) is 7.52. The quantitative estimate of drug-likeness (QED) is 0.384. The summed E-state index contributed by atoms with van der Waals surface area (Å²) in [6, 6.07) is 18.5. The summed E-state index contributed by atoms with van der Waals surface area (Å²) in [6.45, 7) is 2.63. The first-order chi connectivity index (χ1) is 13.7. The molecule has 6 nitrogen and oxygen atoms in total. The van der Waals surface area contributed by atoms with E-state index in [0.29, 0.717) is 40.3 Å². The van der Waals surface area contributed by atoms with E-state index in [2.05, 4.69) is 5.10 Å². The summed E-state index contributed by atoms with van der Waals surface area (Å²) in [5, 5.41) is 5.01. The van der Waals surface area contributed by atoms with Crippen molar-refractivity contribution in [2.75, 3.05) is 7.11 Å². The van der Waals surface area contributed by atoms with Crippen molar-refractivity contribution in [2.24, 2.45) is 0 Å². The molecule has 0 saturated carbocycles. The molecule has 2 aromatic heterocycles. The fourth-order valence-corrected chi connectivity index (χ4v) is 3.06. The number of ether oxygens (including phenoxy) is 2. The summed E-state index contributed by atoms with van der Waals surface area (Å²) < 4.78 is 12.7. The molecule has 0 aliphatic heterocycles. The number of pyridine rings is 1. The van der Waals surface area contributed by atoms with Gasteiger partial charge in [-0.05, 0) is 25.1 Å². The van der Waals surface area contributed by atoms with E-state index in [4.69, 9.17) is 14.5 Å². The van der Waals surface area contributed by atoms with Gasteiger partial charge in [-0.2, -0.15) is 5.10 Å². The summed E-state index contributed by atoms with van der Waals surface area (Å²) in [7, 11) is 1.54. The number of aryl methyl sites for hydroxylation is 1. The fourth-order valence-electron chi connectivity index (χ4n) is 3.06. The second-order valence-electron chi connectivity index (χ2n) is 6.16. The third-order valence-electron chi connectivity index (χ3n) is 4.47. The van der Waals surface area contributed by atoms with Gasteiger partial charge >= 0.3 is 5.97 Å². The van der Waals surface area contributed by atoms with E-state index in [9.17, 15) is 4.79 Å². The number of carbonyl (C=O) groups excluding carboxylic acids is 1. The highest BCUT2D eigenvalue weighted by Gasteiger charge is 2.20. The van der Waals surface area contributed by atoms with Gasteiger partial charge in [-0.15, -0.1) is 0 Å². The number of hydrogen-bond acceptors (Lipinski definition) is 5. The molecule has 0 amide bonds. The Bertz CT molecular complexity index is 1140. The Hall–Kier alpha value is -3.67.